The molecule has 3 heterocycles. The third-order valence-corrected chi connectivity index (χ3v) is 7.75. The Balaban J connectivity index is 1.68. The number of methoxy groups -OCH3 is 1. The van der Waals surface area contributed by atoms with Crippen molar-refractivity contribution in [3.63, 3.8) is 0 Å². The highest BCUT2D eigenvalue weighted by molar-refractivity contribution is 8.42. The number of sulfone groups is 1. The first kappa shape index (κ1) is 22.4. The van der Waals surface area contributed by atoms with Crippen molar-refractivity contribution in [2.24, 2.45) is 10.1 Å². The second-order valence-corrected chi connectivity index (χ2v) is 10.0. The number of carbonyl (C=O) groups is 1. The highest BCUT2D eigenvalue weighted by atomic mass is 32.3. The molecule has 1 aromatic carbocycles. The Morgan fingerprint density at radius 3 is 2.76 bits per heavy atom. The summed E-state index contributed by atoms with van der Waals surface area (Å²) in [6.45, 7) is 1.46. The fraction of sp³-hybridized carbons (Fsp3) is 0.158. The van der Waals surface area contributed by atoms with Crippen LogP contribution in [0.1, 0.15) is 12.7 Å². The van der Waals surface area contributed by atoms with Crippen LogP contribution in [0.5, 0.6) is 5.75 Å². The molecule has 0 unspecified atom stereocenters. The van der Waals surface area contributed by atoms with Gasteiger partial charge in [0.15, 0.2) is 5.84 Å². The molecular weight excluding hydrogens is 474 g/mol. The second-order valence-electron chi connectivity index (χ2n) is 6.63. The summed E-state index contributed by atoms with van der Waals surface area (Å²) in [4.78, 5) is 27.2. The first-order chi connectivity index (χ1) is 15.6. The largest absolute Gasteiger partial charge is 0.497 e. The summed E-state index contributed by atoms with van der Waals surface area (Å²) in [5.41, 5.74) is -0.208. The smallest absolute Gasteiger partial charge is 0.284 e. The normalized spacial score (nSPS) is 17.2. The number of fused-ring (bicyclic) bond motifs is 1. The second kappa shape index (κ2) is 8.29. The summed E-state index contributed by atoms with van der Waals surface area (Å²) >= 11 is 0.702. The highest BCUT2D eigenvalue weighted by Gasteiger charge is 2.39. The number of nitrogens with one attached hydrogen (secondary N) is 1. The molecular formula is C19H15N5O7S2. The summed E-state index contributed by atoms with van der Waals surface area (Å²) in [6.07, 6.45) is 1.25. The molecule has 2 aliphatic heterocycles. The van der Waals surface area contributed by atoms with Gasteiger partial charge in [0, 0.05) is 0 Å². The number of amides is 1. The van der Waals surface area contributed by atoms with E-state index in [0.717, 1.165) is 5.01 Å². The molecule has 0 radical (unpaired) electrons. The van der Waals surface area contributed by atoms with Crippen LogP contribution in [-0.2, 0) is 14.6 Å². The van der Waals surface area contributed by atoms with Gasteiger partial charge in [-0.2, -0.15) is 10.0 Å². The van der Waals surface area contributed by atoms with Gasteiger partial charge in [-0.3, -0.25) is 20.3 Å². The third kappa shape index (κ3) is 4.05. The minimum atomic E-state index is -3.64. The number of furan rings is 1. The molecule has 1 aromatic heterocycles. The van der Waals surface area contributed by atoms with Gasteiger partial charge < -0.3 is 9.15 Å². The maximum atomic E-state index is 12.5. The van der Waals surface area contributed by atoms with Crippen molar-refractivity contribution >= 4 is 54.6 Å². The van der Waals surface area contributed by atoms with E-state index < -0.39 is 20.7 Å². The van der Waals surface area contributed by atoms with Gasteiger partial charge in [0.1, 0.15) is 17.3 Å². The number of hydrogen-bond acceptors (Lipinski definition) is 10. The van der Waals surface area contributed by atoms with Crippen molar-refractivity contribution in [2.75, 3.05) is 12.9 Å². The van der Waals surface area contributed by atoms with Crippen molar-refractivity contribution in [2.45, 2.75) is 6.92 Å². The number of rotatable bonds is 5. The Hall–Kier alpha value is -3.78. The molecule has 33 heavy (non-hydrogen) atoms. The van der Waals surface area contributed by atoms with E-state index in [2.05, 4.69) is 10.1 Å². The Bertz CT molecular complexity index is 1410. The standard InChI is InChI=1S/C19H15N5O7S2/c1-3-33(28,29)19-22-23-16(20)13(17(25)21-18(23)32-19)8-11-5-7-15(31-11)12-6-4-10(30-2)9-14(12)24(26)27/h4-9,20H,3H2,1-2H3/b13-8-,20-16?. The molecule has 4 rings (SSSR count). The fourth-order valence-electron chi connectivity index (χ4n) is 2.94. The molecule has 12 nitrogen and oxygen atoms in total. The molecule has 0 atom stereocenters. The van der Waals surface area contributed by atoms with Crippen LogP contribution >= 0.6 is 11.8 Å². The van der Waals surface area contributed by atoms with E-state index in [1.54, 1.807) is 6.07 Å². The van der Waals surface area contributed by atoms with Crippen molar-refractivity contribution < 1.29 is 27.3 Å². The lowest BCUT2D eigenvalue weighted by molar-refractivity contribution is -0.384. The molecule has 0 saturated heterocycles. The van der Waals surface area contributed by atoms with E-state index in [9.17, 15) is 23.3 Å². The van der Waals surface area contributed by atoms with E-state index in [1.165, 1.54) is 44.4 Å². The minimum Gasteiger partial charge on any atom is -0.497 e. The van der Waals surface area contributed by atoms with Crippen molar-refractivity contribution in [3.05, 3.63) is 51.8 Å². The fourth-order valence-corrected chi connectivity index (χ4v) is 5.10. The number of nitro benzene ring substituents is 1. The van der Waals surface area contributed by atoms with Crippen molar-refractivity contribution in [3.8, 4) is 17.1 Å². The topological polar surface area (TPSA) is 169 Å². The molecule has 0 saturated carbocycles. The van der Waals surface area contributed by atoms with E-state index >= 15 is 0 Å². The van der Waals surface area contributed by atoms with Crippen molar-refractivity contribution in [1.29, 1.82) is 5.41 Å². The van der Waals surface area contributed by atoms with Crippen LogP contribution in [0, 0.1) is 15.5 Å². The Kier molecular flexibility index (Phi) is 5.63. The van der Waals surface area contributed by atoms with Crippen LogP contribution in [0.4, 0.5) is 5.69 Å². The van der Waals surface area contributed by atoms with E-state index in [0.29, 0.717) is 17.5 Å². The lowest BCUT2D eigenvalue weighted by Gasteiger charge is -2.19. The first-order valence-electron chi connectivity index (χ1n) is 9.30. The van der Waals surface area contributed by atoms with Crippen LogP contribution in [0.25, 0.3) is 17.4 Å². The molecule has 2 aromatic rings. The van der Waals surface area contributed by atoms with Crippen LogP contribution in [0.3, 0.4) is 0 Å². The number of aliphatic imine (C=N–C) groups is 1. The van der Waals surface area contributed by atoms with Gasteiger partial charge in [-0.15, -0.1) is 5.10 Å². The van der Waals surface area contributed by atoms with Crippen LogP contribution in [-0.4, -0.2) is 52.5 Å². The summed E-state index contributed by atoms with van der Waals surface area (Å²) in [6, 6.07) is 7.25. The SMILES string of the molecule is CCS(=O)(=O)C1=NN2C(=N)/C(=C/c3ccc(-c4ccc(OC)cc4[N+](=O)[O-])o3)C(=O)N=C2S1. The van der Waals surface area contributed by atoms with Gasteiger partial charge >= 0.3 is 0 Å². The number of ether oxygens (including phenoxy) is 1. The molecule has 170 valence electrons. The molecule has 2 aliphatic rings. The van der Waals surface area contributed by atoms with Crippen LogP contribution in [0.2, 0.25) is 0 Å². The number of nitrogens with zero attached hydrogens (tertiary/aromatic N) is 4. The monoisotopic (exact) mass is 489 g/mol. The zero-order chi connectivity index (χ0) is 23.9. The number of nitro groups is 1. The predicted octanol–water partition coefficient (Wildman–Crippen LogP) is 2.87. The summed E-state index contributed by atoms with van der Waals surface area (Å²) < 4.78 is 34.6. The molecule has 0 bridgehead atoms. The van der Waals surface area contributed by atoms with Crippen LogP contribution in [0.15, 0.2) is 50.4 Å². The maximum Gasteiger partial charge on any atom is 0.284 e. The predicted molar refractivity (Wildman–Crippen MR) is 122 cm³/mol. The summed E-state index contributed by atoms with van der Waals surface area (Å²) in [7, 11) is -2.24. The van der Waals surface area contributed by atoms with E-state index in [1.807, 2.05) is 0 Å². The Labute approximate surface area is 191 Å². The molecule has 0 spiro atoms. The van der Waals surface area contributed by atoms with Gasteiger partial charge in [0.2, 0.25) is 19.4 Å². The summed E-state index contributed by atoms with van der Waals surface area (Å²) in [5, 5.41) is 24.6. The number of hydrogen-bond donors (Lipinski definition) is 1. The number of thioether (sulfide) groups is 1. The Morgan fingerprint density at radius 1 is 1.33 bits per heavy atom. The average Bonchev–Trinajstić information content (AvgIpc) is 3.44. The van der Waals surface area contributed by atoms with Crippen molar-refractivity contribution in [1.82, 2.24) is 5.01 Å². The minimum absolute atomic E-state index is 0.0248. The van der Waals surface area contributed by atoms with Gasteiger partial charge in [-0.25, -0.2) is 8.42 Å². The molecule has 0 aliphatic carbocycles. The molecule has 1 amide bonds. The quantitative estimate of drug-likeness (QED) is 0.377. The molecule has 14 heteroatoms. The van der Waals surface area contributed by atoms with Crippen LogP contribution < -0.4 is 4.74 Å². The Morgan fingerprint density at radius 2 is 2.09 bits per heavy atom. The highest BCUT2D eigenvalue weighted by Crippen LogP contribution is 2.35. The van der Waals surface area contributed by atoms with Gasteiger partial charge in [0.25, 0.3) is 11.6 Å². The van der Waals surface area contributed by atoms with Gasteiger partial charge in [-0.1, -0.05) is 6.92 Å². The average molecular weight is 489 g/mol. The zero-order valence-electron chi connectivity index (χ0n) is 17.1. The summed E-state index contributed by atoms with van der Waals surface area (Å²) in [5.74, 6) is -0.705. The zero-order valence-corrected chi connectivity index (χ0v) is 18.8. The van der Waals surface area contributed by atoms with E-state index in [-0.39, 0.29) is 49.5 Å². The third-order valence-electron chi connectivity index (χ3n) is 4.66. The molecule has 0 fully saturated rings. The number of hydrazone groups is 1. The number of benzene rings is 1. The molecule has 1 N–H and O–H groups in total. The maximum absolute atomic E-state index is 12.5. The lowest BCUT2D eigenvalue weighted by atomic mass is 10.1. The lowest BCUT2D eigenvalue weighted by Crippen LogP contribution is -2.35. The number of carbonyl (C=O) groups excluding carboxylic acids is 1. The van der Waals surface area contributed by atoms with Gasteiger partial charge in [0.05, 0.1) is 35.0 Å². The van der Waals surface area contributed by atoms with E-state index in [4.69, 9.17) is 14.6 Å². The first-order valence-corrected chi connectivity index (χ1v) is 11.8. The number of amidine groups is 2. The van der Waals surface area contributed by atoms with Gasteiger partial charge in [-0.05, 0) is 42.1 Å².